The summed E-state index contributed by atoms with van der Waals surface area (Å²) in [5.74, 6) is 0.514. The third kappa shape index (κ3) is 2.90. The number of anilines is 1. The smallest absolute Gasteiger partial charge is 0.343 e. The number of rotatable bonds is 4. The first-order valence-electron chi connectivity index (χ1n) is 6.01. The zero-order valence-electron chi connectivity index (χ0n) is 11.2. The number of esters is 1. The largest absolute Gasteiger partial charge is 0.465 e. The van der Waals surface area contributed by atoms with E-state index >= 15 is 0 Å². The predicted octanol–water partition coefficient (Wildman–Crippen LogP) is 1.27. The molecule has 0 N–H and O–H groups in total. The summed E-state index contributed by atoms with van der Waals surface area (Å²) < 4.78 is 4.72. The van der Waals surface area contributed by atoms with Crippen molar-refractivity contribution in [3.05, 3.63) is 11.8 Å². The van der Waals surface area contributed by atoms with Gasteiger partial charge in [-0.1, -0.05) is 11.8 Å². The number of amides is 1. The van der Waals surface area contributed by atoms with Gasteiger partial charge in [-0.3, -0.25) is 9.69 Å². The molecule has 1 aliphatic heterocycles. The first-order valence-corrected chi connectivity index (χ1v) is 7.87. The summed E-state index contributed by atoms with van der Waals surface area (Å²) in [6.45, 7) is 0.511. The molecule has 1 unspecified atom stereocenters. The molecule has 1 fully saturated rings. The van der Waals surface area contributed by atoms with Crippen LogP contribution in [0.5, 0.6) is 0 Å². The Morgan fingerprint density at radius 3 is 2.95 bits per heavy atom. The van der Waals surface area contributed by atoms with E-state index in [1.54, 1.807) is 0 Å². The molecule has 1 amide bonds. The van der Waals surface area contributed by atoms with Crippen LogP contribution in [0.4, 0.5) is 5.82 Å². The van der Waals surface area contributed by atoms with Gasteiger partial charge in [0.25, 0.3) is 0 Å². The van der Waals surface area contributed by atoms with Gasteiger partial charge >= 0.3 is 5.97 Å². The van der Waals surface area contributed by atoms with Crippen molar-refractivity contribution >= 4 is 42.1 Å². The lowest BCUT2D eigenvalue weighted by atomic mass is 10.1. The lowest BCUT2D eigenvalue weighted by molar-refractivity contribution is -0.117. The van der Waals surface area contributed by atoms with E-state index in [4.69, 9.17) is 4.74 Å². The molecule has 20 heavy (non-hydrogen) atoms. The molecule has 1 aromatic heterocycles. The van der Waals surface area contributed by atoms with Gasteiger partial charge in [-0.2, -0.15) is 12.6 Å². The van der Waals surface area contributed by atoms with Crippen LogP contribution in [0.15, 0.2) is 11.4 Å². The summed E-state index contributed by atoms with van der Waals surface area (Å²) in [5.41, 5.74) is 0.207. The molecule has 1 aromatic rings. The van der Waals surface area contributed by atoms with Gasteiger partial charge in [-0.25, -0.2) is 14.8 Å². The topological polar surface area (TPSA) is 72.4 Å². The minimum absolute atomic E-state index is 0.0556. The number of thioether (sulfide) groups is 1. The summed E-state index contributed by atoms with van der Waals surface area (Å²) in [4.78, 5) is 33.7. The van der Waals surface area contributed by atoms with Gasteiger partial charge in [0.1, 0.15) is 5.56 Å². The number of methoxy groups -OCH3 is 1. The van der Waals surface area contributed by atoms with Crippen LogP contribution in [0.3, 0.4) is 0 Å². The van der Waals surface area contributed by atoms with Crippen LogP contribution in [0.25, 0.3) is 0 Å². The molecular weight excluding hydrogens is 298 g/mol. The highest BCUT2D eigenvalue weighted by atomic mass is 32.2. The zero-order valence-corrected chi connectivity index (χ0v) is 12.9. The molecule has 1 aliphatic rings. The molecule has 1 saturated heterocycles. The van der Waals surface area contributed by atoms with Crippen LogP contribution in [0.1, 0.15) is 16.8 Å². The number of carbonyl (C=O) groups is 2. The minimum atomic E-state index is -0.547. The fourth-order valence-corrected chi connectivity index (χ4v) is 2.60. The maximum atomic E-state index is 12.1. The number of nitrogens with zero attached hydrogens (tertiary/aromatic N) is 3. The van der Waals surface area contributed by atoms with Crippen LogP contribution < -0.4 is 4.90 Å². The Morgan fingerprint density at radius 2 is 2.40 bits per heavy atom. The fraction of sp³-hybridized carbons (Fsp3) is 0.500. The summed E-state index contributed by atoms with van der Waals surface area (Å²) in [7, 11) is 1.29. The van der Waals surface area contributed by atoms with E-state index in [1.165, 1.54) is 30.0 Å². The van der Waals surface area contributed by atoms with E-state index in [0.717, 1.165) is 0 Å². The lowest BCUT2D eigenvalue weighted by Gasteiger charge is -2.18. The van der Waals surface area contributed by atoms with Gasteiger partial charge in [-0.15, -0.1) is 0 Å². The van der Waals surface area contributed by atoms with Crippen molar-refractivity contribution in [1.29, 1.82) is 0 Å². The quantitative estimate of drug-likeness (QED) is 0.391. The highest BCUT2D eigenvalue weighted by Crippen LogP contribution is 2.28. The van der Waals surface area contributed by atoms with Gasteiger partial charge < -0.3 is 4.74 Å². The van der Waals surface area contributed by atoms with Crippen molar-refractivity contribution in [2.45, 2.75) is 11.6 Å². The predicted molar refractivity (Wildman–Crippen MR) is 79.5 cm³/mol. The van der Waals surface area contributed by atoms with E-state index in [9.17, 15) is 9.59 Å². The van der Waals surface area contributed by atoms with Gasteiger partial charge in [0, 0.05) is 19.2 Å². The van der Waals surface area contributed by atoms with Crippen LogP contribution in [-0.2, 0) is 9.53 Å². The van der Waals surface area contributed by atoms with Crippen molar-refractivity contribution < 1.29 is 14.3 Å². The lowest BCUT2D eigenvalue weighted by Crippen LogP contribution is -2.28. The molecule has 6 nitrogen and oxygen atoms in total. The molecule has 2 heterocycles. The second-order valence-electron chi connectivity index (χ2n) is 4.34. The number of hydrogen-bond donors (Lipinski definition) is 1. The van der Waals surface area contributed by atoms with Crippen LogP contribution in [0.2, 0.25) is 0 Å². The van der Waals surface area contributed by atoms with Gasteiger partial charge in [0.05, 0.1) is 7.11 Å². The zero-order chi connectivity index (χ0) is 14.7. The number of thiol groups is 1. The highest BCUT2D eigenvalue weighted by Gasteiger charge is 2.33. The van der Waals surface area contributed by atoms with Gasteiger partial charge in [0.15, 0.2) is 11.0 Å². The second kappa shape index (κ2) is 6.45. The van der Waals surface area contributed by atoms with Crippen LogP contribution in [-0.4, -0.2) is 47.5 Å². The molecule has 0 saturated carbocycles. The van der Waals surface area contributed by atoms with Crippen molar-refractivity contribution in [3.63, 3.8) is 0 Å². The average molecular weight is 313 g/mol. The Bertz CT molecular complexity index is 539. The minimum Gasteiger partial charge on any atom is -0.465 e. The Balaban J connectivity index is 2.42. The number of ether oxygens (including phenoxy) is 1. The summed E-state index contributed by atoms with van der Waals surface area (Å²) in [5, 5.41) is 0.509. The summed E-state index contributed by atoms with van der Waals surface area (Å²) in [6, 6.07) is 0. The van der Waals surface area contributed by atoms with Crippen molar-refractivity contribution in [3.8, 4) is 0 Å². The van der Waals surface area contributed by atoms with E-state index in [-0.39, 0.29) is 17.4 Å². The summed E-state index contributed by atoms with van der Waals surface area (Å²) in [6.07, 6.45) is 3.66. The van der Waals surface area contributed by atoms with Gasteiger partial charge in [0.2, 0.25) is 5.91 Å². The molecular formula is C12H15N3O3S2. The third-order valence-electron chi connectivity index (χ3n) is 3.05. The maximum absolute atomic E-state index is 12.1. The van der Waals surface area contributed by atoms with Crippen molar-refractivity contribution in [2.24, 2.45) is 5.92 Å². The average Bonchev–Trinajstić information content (AvgIpc) is 2.86. The monoisotopic (exact) mass is 313 g/mol. The Kier molecular flexibility index (Phi) is 4.87. The first kappa shape index (κ1) is 15.1. The Labute approximate surface area is 126 Å². The first-order chi connectivity index (χ1) is 9.60. The van der Waals surface area contributed by atoms with Gasteiger partial charge in [-0.05, 0) is 17.9 Å². The number of aromatic nitrogens is 2. The van der Waals surface area contributed by atoms with Crippen molar-refractivity contribution in [2.75, 3.05) is 30.6 Å². The van der Waals surface area contributed by atoms with E-state index in [0.29, 0.717) is 29.7 Å². The van der Waals surface area contributed by atoms with Crippen LogP contribution >= 0.6 is 24.4 Å². The normalized spacial score (nSPS) is 18.4. The molecule has 0 radical (unpaired) electrons. The van der Waals surface area contributed by atoms with E-state index in [2.05, 4.69) is 22.6 Å². The standard InChI is InChI=1S/C12H15N3O3S2/c1-18-11(17)8-4-13-12(20-2)14-10(8)15-5-7(6-19)3-9(15)16/h4,7,19H,3,5-6H2,1-2H3. The Hall–Kier alpha value is -1.28. The molecule has 108 valence electrons. The number of hydrogen-bond acceptors (Lipinski definition) is 7. The second-order valence-corrected chi connectivity index (χ2v) is 5.48. The van der Waals surface area contributed by atoms with Crippen molar-refractivity contribution in [1.82, 2.24) is 9.97 Å². The SMILES string of the molecule is COC(=O)c1cnc(SC)nc1N1CC(CS)CC1=O. The van der Waals surface area contributed by atoms with E-state index in [1.807, 2.05) is 6.26 Å². The molecule has 0 aliphatic carbocycles. The highest BCUT2D eigenvalue weighted by molar-refractivity contribution is 7.98. The molecule has 0 aromatic carbocycles. The number of carbonyl (C=O) groups excluding carboxylic acids is 2. The Morgan fingerprint density at radius 1 is 1.65 bits per heavy atom. The molecule has 1 atom stereocenters. The molecule has 8 heteroatoms. The van der Waals surface area contributed by atoms with E-state index < -0.39 is 5.97 Å². The third-order valence-corrected chi connectivity index (χ3v) is 4.13. The maximum Gasteiger partial charge on any atom is 0.343 e. The summed E-state index contributed by atoms with van der Waals surface area (Å²) >= 11 is 5.58. The molecule has 0 bridgehead atoms. The fourth-order valence-electron chi connectivity index (χ4n) is 2.02. The van der Waals surface area contributed by atoms with Crippen LogP contribution in [0, 0.1) is 5.92 Å². The molecule has 2 rings (SSSR count). The molecule has 0 spiro atoms.